The van der Waals surface area contributed by atoms with E-state index in [1.54, 1.807) is 42.5 Å². The van der Waals surface area contributed by atoms with Gasteiger partial charge < -0.3 is 5.32 Å². The van der Waals surface area contributed by atoms with Crippen LogP contribution in [0.3, 0.4) is 0 Å². The molecule has 5 aromatic rings. The van der Waals surface area contributed by atoms with E-state index in [1.165, 1.54) is 11.8 Å². The Kier molecular flexibility index (Phi) is 5.91. The van der Waals surface area contributed by atoms with Gasteiger partial charge in [0.15, 0.2) is 11.0 Å². The number of hydrogen-bond donors (Lipinski definition) is 3. The van der Waals surface area contributed by atoms with E-state index >= 15 is 0 Å². The Hall–Kier alpha value is -3.89. The van der Waals surface area contributed by atoms with E-state index in [0.29, 0.717) is 22.5 Å². The molecule has 0 bridgehead atoms. The van der Waals surface area contributed by atoms with E-state index in [1.807, 2.05) is 49.4 Å². The molecule has 3 aromatic carbocycles. The van der Waals surface area contributed by atoms with Crippen molar-refractivity contribution in [3.05, 3.63) is 90.6 Å². The van der Waals surface area contributed by atoms with E-state index < -0.39 is 10.0 Å². The summed E-state index contributed by atoms with van der Waals surface area (Å²) in [5.74, 6) is 1.33. The van der Waals surface area contributed by atoms with Crippen molar-refractivity contribution in [3.63, 3.8) is 0 Å². The summed E-state index contributed by atoms with van der Waals surface area (Å²) < 4.78 is 27.7. The number of fused-ring (bicyclic) bond motifs is 1. The summed E-state index contributed by atoms with van der Waals surface area (Å²) in [6.07, 6.45) is 0. The molecule has 8 nitrogen and oxygen atoms in total. The highest BCUT2D eigenvalue weighted by atomic mass is 32.2. The lowest BCUT2D eigenvalue weighted by atomic mass is 10.2. The number of para-hydroxylation sites is 1. The van der Waals surface area contributed by atoms with Crippen molar-refractivity contribution < 1.29 is 8.42 Å². The molecule has 0 spiro atoms. The van der Waals surface area contributed by atoms with Crippen molar-refractivity contribution in [2.45, 2.75) is 21.9 Å². The van der Waals surface area contributed by atoms with Gasteiger partial charge in [-0.2, -0.15) is 5.10 Å². The molecular formula is C24H20N6O2S2. The Balaban J connectivity index is 1.38. The highest BCUT2D eigenvalue weighted by Gasteiger charge is 2.14. The predicted octanol–water partition coefficient (Wildman–Crippen LogP) is 5.36. The molecule has 2 heterocycles. The number of H-pyrrole nitrogens is 1. The quantitative estimate of drug-likeness (QED) is 0.264. The highest BCUT2D eigenvalue weighted by molar-refractivity contribution is 7.99. The fraction of sp³-hybridized carbons (Fsp3) is 0.0417. The molecule has 3 N–H and O–H groups in total. The monoisotopic (exact) mass is 488 g/mol. The van der Waals surface area contributed by atoms with Gasteiger partial charge in [0.2, 0.25) is 0 Å². The van der Waals surface area contributed by atoms with Gasteiger partial charge in [-0.1, -0.05) is 30.3 Å². The van der Waals surface area contributed by atoms with Crippen molar-refractivity contribution in [2.24, 2.45) is 0 Å². The number of aryl methyl sites for hydroxylation is 1. The van der Waals surface area contributed by atoms with Crippen LogP contribution >= 0.6 is 11.8 Å². The van der Waals surface area contributed by atoms with Gasteiger partial charge in [-0.25, -0.2) is 18.4 Å². The molecule has 0 saturated heterocycles. The van der Waals surface area contributed by atoms with Crippen molar-refractivity contribution in [3.8, 4) is 0 Å². The molecule has 2 aromatic heterocycles. The van der Waals surface area contributed by atoms with Crippen LogP contribution in [0.15, 0.2) is 99.9 Å². The van der Waals surface area contributed by atoms with Gasteiger partial charge >= 0.3 is 0 Å². The number of sulfonamides is 1. The predicted molar refractivity (Wildman–Crippen MR) is 134 cm³/mol. The molecule has 0 amide bonds. The first-order chi connectivity index (χ1) is 16.5. The van der Waals surface area contributed by atoms with Crippen molar-refractivity contribution in [1.29, 1.82) is 0 Å². The standard InChI is InChI=1S/C24H20N6O2S2/c1-16-15-22(29-28-16)26-23-20-9-5-6-10-21(20)25-24(27-23)33-18-13-11-17(12-14-18)30-34(31,32)19-7-3-2-4-8-19/h2-15,30H,1H3,(H2,25,26,27,28,29). The van der Waals surface area contributed by atoms with E-state index in [-0.39, 0.29) is 4.90 Å². The second-order valence-electron chi connectivity index (χ2n) is 7.48. The van der Waals surface area contributed by atoms with Crippen LogP contribution in [0.2, 0.25) is 0 Å². The Morgan fingerprint density at radius 3 is 2.35 bits per heavy atom. The zero-order valence-electron chi connectivity index (χ0n) is 18.1. The third kappa shape index (κ3) is 4.87. The van der Waals surface area contributed by atoms with Crippen LogP contribution in [0.1, 0.15) is 5.69 Å². The van der Waals surface area contributed by atoms with Gasteiger partial charge in [-0.05, 0) is 67.2 Å². The molecule has 0 fully saturated rings. The topological polar surface area (TPSA) is 113 Å². The molecule has 10 heteroatoms. The fourth-order valence-electron chi connectivity index (χ4n) is 3.31. The number of benzene rings is 3. The van der Waals surface area contributed by atoms with Crippen molar-refractivity contribution in [1.82, 2.24) is 20.2 Å². The largest absolute Gasteiger partial charge is 0.323 e. The molecule has 5 rings (SSSR count). The van der Waals surface area contributed by atoms with Crippen LogP contribution in [0.4, 0.5) is 17.3 Å². The summed E-state index contributed by atoms with van der Waals surface area (Å²) in [6.45, 7) is 1.93. The number of anilines is 3. The van der Waals surface area contributed by atoms with Crippen LogP contribution in [0, 0.1) is 6.92 Å². The second kappa shape index (κ2) is 9.16. The van der Waals surface area contributed by atoms with E-state index in [2.05, 4.69) is 25.2 Å². The van der Waals surface area contributed by atoms with Gasteiger partial charge in [0.1, 0.15) is 5.82 Å². The van der Waals surface area contributed by atoms with Crippen LogP contribution in [-0.4, -0.2) is 28.6 Å². The Morgan fingerprint density at radius 2 is 1.62 bits per heavy atom. The summed E-state index contributed by atoms with van der Waals surface area (Å²) in [6, 6.07) is 25.0. The van der Waals surface area contributed by atoms with Gasteiger partial charge in [0, 0.05) is 27.7 Å². The number of aromatic amines is 1. The fourth-order valence-corrected chi connectivity index (χ4v) is 5.15. The van der Waals surface area contributed by atoms with Gasteiger partial charge in [-0.3, -0.25) is 9.82 Å². The second-order valence-corrected chi connectivity index (χ2v) is 10.2. The van der Waals surface area contributed by atoms with Gasteiger partial charge in [0.05, 0.1) is 10.4 Å². The molecule has 170 valence electrons. The number of nitrogens with one attached hydrogen (secondary N) is 3. The summed E-state index contributed by atoms with van der Waals surface area (Å²) >= 11 is 1.39. The molecule has 0 radical (unpaired) electrons. The maximum absolute atomic E-state index is 12.5. The van der Waals surface area contributed by atoms with Gasteiger partial charge in [0.25, 0.3) is 10.0 Å². The van der Waals surface area contributed by atoms with E-state index in [9.17, 15) is 8.42 Å². The summed E-state index contributed by atoms with van der Waals surface area (Å²) in [5, 5.41) is 11.9. The lowest BCUT2D eigenvalue weighted by Gasteiger charge is -2.10. The zero-order chi connectivity index (χ0) is 23.5. The highest BCUT2D eigenvalue weighted by Crippen LogP contribution is 2.31. The van der Waals surface area contributed by atoms with Gasteiger partial charge in [-0.15, -0.1) is 0 Å². The molecule has 0 aliphatic heterocycles. The van der Waals surface area contributed by atoms with Crippen LogP contribution < -0.4 is 10.0 Å². The number of aromatic nitrogens is 4. The van der Waals surface area contributed by atoms with E-state index in [0.717, 1.165) is 21.5 Å². The summed E-state index contributed by atoms with van der Waals surface area (Å²) in [5.41, 5.74) is 2.23. The molecular weight excluding hydrogens is 468 g/mol. The van der Waals surface area contributed by atoms with Crippen LogP contribution in [0.25, 0.3) is 10.9 Å². The number of rotatable bonds is 7. The zero-order valence-corrected chi connectivity index (χ0v) is 19.7. The van der Waals surface area contributed by atoms with Crippen molar-refractivity contribution >= 4 is 50.0 Å². The number of nitrogens with zero attached hydrogens (tertiary/aromatic N) is 3. The minimum absolute atomic E-state index is 0.213. The Labute approximate surface area is 200 Å². The Bertz CT molecular complexity index is 1550. The lowest BCUT2D eigenvalue weighted by Crippen LogP contribution is -2.12. The first-order valence-electron chi connectivity index (χ1n) is 10.4. The molecule has 0 aliphatic carbocycles. The minimum atomic E-state index is -3.64. The minimum Gasteiger partial charge on any atom is -0.323 e. The maximum atomic E-state index is 12.5. The molecule has 0 unspecified atom stereocenters. The number of hydrogen-bond acceptors (Lipinski definition) is 7. The average Bonchev–Trinajstić information content (AvgIpc) is 3.25. The first kappa shape index (κ1) is 21.9. The molecule has 0 aliphatic rings. The van der Waals surface area contributed by atoms with Crippen LogP contribution in [0.5, 0.6) is 0 Å². The molecule has 34 heavy (non-hydrogen) atoms. The Morgan fingerprint density at radius 1 is 0.882 bits per heavy atom. The third-order valence-electron chi connectivity index (χ3n) is 4.90. The SMILES string of the molecule is Cc1cc(Nc2nc(Sc3ccc(NS(=O)(=O)c4ccccc4)cc3)nc3ccccc23)n[nH]1. The molecule has 0 saturated carbocycles. The third-order valence-corrected chi connectivity index (χ3v) is 7.17. The van der Waals surface area contributed by atoms with E-state index in [4.69, 9.17) is 4.98 Å². The van der Waals surface area contributed by atoms with Crippen molar-refractivity contribution in [2.75, 3.05) is 10.0 Å². The average molecular weight is 489 g/mol. The molecule has 0 atom stereocenters. The summed E-state index contributed by atoms with van der Waals surface area (Å²) in [7, 11) is -3.64. The normalized spacial score (nSPS) is 11.4. The first-order valence-corrected chi connectivity index (χ1v) is 12.7. The maximum Gasteiger partial charge on any atom is 0.261 e. The summed E-state index contributed by atoms with van der Waals surface area (Å²) in [4.78, 5) is 10.5. The smallest absolute Gasteiger partial charge is 0.261 e. The lowest BCUT2D eigenvalue weighted by molar-refractivity contribution is 0.601. The van der Waals surface area contributed by atoms with Crippen LogP contribution in [-0.2, 0) is 10.0 Å².